The van der Waals surface area contributed by atoms with Gasteiger partial charge in [-0.2, -0.15) is 4.37 Å². The topological polar surface area (TPSA) is 138 Å². The molecule has 3 aliphatic heterocycles. The van der Waals surface area contributed by atoms with Gasteiger partial charge in [-0.25, -0.2) is 0 Å². The third kappa shape index (κ3) is 12.7. The van der Waals surface area contributed by atoms with Crippen LogP contribution < -0.4 is 20.3 Å². The molecule has 2 fully saturated rings. The van der Waals surface area contributed by atoms with Crippen molar-refractivity contribution in [1.29, 1.82) is 0 Å². The molecular formula is C50H72N6O7SSi. The van der Waals surface area contributed by atoms with E-state index in [0.29, 0.717) is 51.6 Å². The van der Waals surface area contributed by atoms with Crippen molar-refractivity contribution in [1.82, 2.24) is 19.5 Å². The minimum absolute atomic E-state index is 0.0416. The Morgan fingerprint density at radius 1 is 1.05 bits per heavy atom. The van der Waals surface area contributed by atoms with Crippen LogP contribution in [-0.2, 0) is 36.3 Å². The van der Waals surface area contributed by atoms with Gasteiger partial charge in [0.15, 0.2) is 20.7 Å². The first-order valence-corrected chi connectivity index (χ1v) is 27.5. The van der Waals surface area contributed by atoms with Gasteiger partial charge >= 0.3 is 0 Å². The van der Waals surface area contributed by atoms with Crippen molar-refractivity contribution in [3.8, 4) is 11.5 Å². The van der Waals surface area contributed by atoms with Crippen LogP contribution in [0.3, 0.4) is 0 Å². The van der Waals surface area contributed by atoms with Crippen molar-refractivity contribution in [3.05, 3.63) is 77.4 Å². The number of nitrogens with zero attached hydrogens (tertiary/aromatic N) is 4. The Hall–Kier alpha value is -4.09. The second kappa shape index (κ2) is 22.1. The van der Waals surface area contributed by atoms with E-state index in [0.717, 1.165) is 89.2 Å². The minimum Gasteiger partial charge on any atom is -0.506 e. The van der Waals surface area contributed by atoms with E-state index < -0.39 is 14.4 Å². The molecule has 15 heteroatoms. The van der Waals surface area contributed by atoms with Crippen LogP contribution >= 0.6 is 11.5 Å². The second-order valence-corrected chi connectivity index (χ2v) is 25.1. The number of unbranched alkanes of at least 4 members (excludes halogenated alkanes) is 1. The summed E-state index contributed by atoms with van der Waals surface area (Å²) in [5.74, 6) is 1.29. The Morgan fingerprint density at radius 2 is 1.83 bits per heavy atom. The zero-order chi connectivity index (χ0) is 46.0. The first kappa shape index (κ1) is 48.8. The summed E-state index contributed by atoms with van der Waals surface area (Å²) in [6.45, 7) is 21.9. The van der Waals surface area contributed by atoms with Gasteiger partial charge in [0.1, 0.15) is 17.3 Å². The van der Waals surface area contributed by atoms with Crippen molar-refractivity contribution in [2.75, 3.05) is 95.5 Å². The number of anilines is 2. The number of phenols is 1. The van der Waals surface area contributed by atoms with Gasteiger partial charge in [0.25, 0.3) is 5.91 Å². The highest BCUT2D eigenvalue weighted by Gasteiger charge is 2.42. The molecule has 3 aliphatic rings. The molecule has 1 aromatic heterocycles. The van der Waals surface area contributed by atoms with E-state index in [9.17, 15) is 14.7 Å². The number of piperidine rings is 1. The second-order valence-electron chi connectivity index (χ2n) is 19.5. The van der Waals surface area contributed by atoms with Crippen molar-refractivity contribution >= 4 is 53.3 Å². The maximum atomic E-state index is 13.5. The van der Waals surface area contributed by atoms with Crippen LogP contribution in [0.4, 0.5) is 11.5 Å². The summed E-state index contributed by atoms with van der Waals surface area (Å²) in [4.78, 5) is 32.6. The van der Waals surface area contributed by atoms with Crippen LogP contribution in [0.15, 0.2) is 60.7 Å². The Balaban J connectivity index is 0.828. The monoisotopic (exact) mass is 928 g/mol. The zero-order valence-electron chi connectivity index (χ0n) is 39.6. The first-order chi connectivity index (χ1) is 31.2. The maximum Gasteiger partial charge on any atom is 0.262 e. The summed E-state index contributed by atoms with van der Waals surface area (Å²) < 4.78 is 31.4. The van der Waals surface area contributed by atoms with Crippen LogP contribution in [0, 0.1) is 0 Å². The lowest BCUT2D eigenvalue weighted by Gasteiger charge is -2.47. The average molecular weight is 929 g/mol. The number of nitrogens with one attached hydrogen (secondary N) is 2. The van der Waals surface area contributed by atoms with Gasteiger partial charge in [-0.15, -0.1) is 0 Å². The number of amides is 2. The summed E-state index contributed by atoms with van der Waals surface area (Å²) in [6.07, 6.45) is 5.76. The number of aromatic nitrogens is 1. The number of ether oxygens (including phenoxy) is 3. The molecular weight excluding hydrogens is 857 g/mol. The largest absolute Gasteiger partial charge is 0.506 e. The lowest BCUT2D eigenvalue weighted by atomic mass is 9.89. The van der Waals surface area contributed by atoms with Crippen molar-refractivity contribution in [3.63, 3.8) is 0 Å². The van der Waals surface area contributed by atoms with Crippen LogP contribution in [-0.4, -0.2) is 130 Å². The van der Waals surface area contributed by atoms with E-state index in [4.69, 9.17) is 23.0 Å². The number of hydrogen-bond acceptors (Lipinski definition) is 12. The number of phenolic OH excluding ortho intramolecular Hbond substituents is 1. The molecule has 0 bridgehead atoms. The molecule has 354 valence electrons. The molecule has 1 unspecified atom stereocenters. The van der Waals surface area contributed by atoms with E-state index in [1.807, 2.05) is 11.0 Å². The molecule has 2 amide bonds. The highest BCUT2D eigenvalue weighted by molar-refractivity contribution is 7.13. The molecule has 3 N–H and O–H groups in total. The molecule has 0 aliphatic carbocycles. The molecule has 3 aromatic carbocycles. The van der Waals surface area contributed by atoms with Crippen molar-refractivity contribution in [2.45, 2.75) is 102 Å². The lowest BCUT2D eigenvalue weighted by molar-refractivity contribution is -0.132. The number of carbonyl (C=O) groups is 2. The Kier molecular flexibility index (Phi) is 16.6. The van der Waals surface area contributed by atoms with E-state index in [2.05, 4.69) is 110 Å². The maximum absolute atomic E-state index is 13.5. The first-order valence-electron chi connectivity index (χ1n) is 23.8. The molecule has 1 atom stereocenters. The SMILES string of the molecule is CCCCN(CCNCC(O[Si](C)(C)C(C)(C)C)c1ccc(O)c2c1OCC(=O)N2)C(=O)CCOCCc1cccc(CCN2CCC3(CC2)CN(c2nsc4ccccc24)CCO3)c1. The average Bonchev–Trinajstić information content (AvgIpc) is 3.73. The van der Waals surface area contributed by atoms with E-state index in [-0.39, 0.29) is 40.5 Å². The number of hydrogen-bond donors (Lipinski definition) is 3. The van der Waals surface area contributed by atoms with Gasteiger partial charge in [0.05, 0.1) is 42.6 Å². The molecule has 0 radical (unpaired) electrons. The van der Waals surface area contributed by atoms with Crippen LogP contribution in [0.25, 0.3) is 10.1 Å². The van der Waals surface area contributed by atoms with E-state index in [1.54, 1.807) is 17.6 Å². The number of fused-ring (bicyclic) bond motifs is 2. The molecule has 4 heterocycles. The number of aromatic hydroxyl groups is 1. The zero-order valence-corrected chi connectivity index (χ0v) is 41.4. The van der Waals surface area contributed by atoms with E-state index in [1.165, 1.54) is 21.2 Å². The standard InChI is InChI=1S/C50H72N6O7SSi/c1-7-8-24-55(28-23-51-34-42(63-65(5,6)49(2,3)4)39-16-17-41(57)46-47(39)61-35-44(58)52-46)45(59)20-31-60-30-19-38-13-11-12-37(33-38)18-25-54-26-21-50(22-27-54)36-56(29-32-62-50)48-40-14-9-10-15-43(40)64-53-48/h9-17,33,42,51,57H,7-8,18-32,34-36H2,1-6H3,(H,52,58). The highest BCUT2D eigenvalue weighted by Crippen LogP contribution is 2.45. The fourth-order valence-electron chi connectivity index (χ4n) is 8.79. The Labute approximate surface area is 391 Å². The van der Waals surface area contributed by atoms with Gasteiger partial charge in [-0.3, -0.25) is 9.59 Å². The predicted octanol–water partition coefficient (Wildman–Crippen LogP) is 8.18. The molecule has 0 saturated carbocycles. The predicted molar refractivity (Wildman–Crippen MR) is 263 cm³/mol. The van der Waals surface area contributed by atoms with Crippen LogP contribution in [0.2, 0.25) is 18.1 Å². The van der Waals surface area contributed by atoms with Crippen LogP contribution in [0.1, 0.15) is 82.6 Å². The fourth-order valence-corrected chi connectivity index (χ4v) is 10.9. The summed E-state index contributed by atoms with van der Waals surface area (Å²) in [5, 5.41) is 18.0. The third-order valence-electron chi connectivity index (χ3n) is 13.8. The summed E-state index contributed by atoms with van der Waals surface area (Å²) >= 11 is 1.59. The molecule has 13 nitrogen and oxygen atoms in total. The lowest BCUT2D eigenvalue weighted by Crippen LogP contribution is -2.57. The summed E-state index contributed by atoms with van der Waals surface area (Å²) in [7, 11) is -2.25. The molecule has 1 spiro atoms. The number of benzene rings is 3. The van der Waals surface area contributed by atoms with Gasteiger partial charge in [-0.1, -0.05) is 70.5 Å². The van der Waals surface area contributed by atoms with Gasteiger partial charge in [-0.05, 0) is 97.2 Å². The highest BCUT2D eigenvalue weighted by atomic mass is 32.1. The van der Waals surface area contributed by atoms with Gasteiger partial charge in [0, 0.05) is 69.9 Å². The fraction of sp³-hybridized carbons (Fsp3) is 0.580. The number of likely N-dealkylation sites (tertiary alicyclic amines) is 1. The smallest absolute Gasteiger partial charge is 0.262 e. The molecule has 65 heavy (non-hydrogen) atoms. The van der Waals surface area contributed by atoms with Crippen molar-refractivity contribution < 1.29 is 33.3 Å². The number of rotatable bonds is 21. The van der Waals surface area contributed by atoms with Gasteiger partial charge in [0.2, 0.25) is 5.91 Å². The molecule has 4 aromatic rings. The normalized spacial score (nSPS) is 17.2. The number of morpholine rings is 1. The molecule has 2 saturated heterocycles. The Morgan fingerprint density at radius 3 is 2.62 bits per heavy atom. The van der Waals surface area contributed by atoms with Crippen LogP contribution in [0.5, 0.6) is 11.5 Å². The minimum atomic E-state index is -2.25. The third-order valence-corrected chi connectivity index (χ3v) is 19.1. The molecule has 7 rings (SSSR count). The Bertz CT molecular complexity index is 2210. The summed E-state index contributed by atoms with van der Waals surface area (Å²) in [6, 6.07) is 20.8. The number of carbonyl (C=O) groups excluding carboxylic acids is 2. The summed E-state index contributed by atoms with van der Waals surface area (Å²) in [5.41, 5.74) is 3.55. The van der Waals surface area contributed by atoms with Gasteiger partial charge < -0.3 is 49.1 Å². The van der Waals surface area contributed by atoms with E-state index >= 15 is 0 Å². The van der Waals surface area contributed by atoms with Crippen molar-refractivity contribution in [2.24, 2.45) is 0 Å². The quantitative estimate of drug-likeness (QED) is 0.0424.